The zero-order valence-corrected chi connectivity index (χ0v) is 14.8. The maximum absolute atomic E-state index is 12.3. The Labute approximate surface area is 153 Å². The van der Waals surface area contributed by atoms with Crippen molar-refractivity contribution in [3.05, 3.63) is 94.3 Å². The minimum Gasteiger partial charge on any atom is -0.289 e. The van der Waals surface area contributed by atoms with Crippen molar-refractivity contribution < 1.29 is 4.79 Å². The highest BCUT2D eigenvalue weighted by atomic mass is 16.1. The lowest BCUT2D eigenvalue weighted by Gasteiger charge is -2.04. The number of nitrogens with zero attached hydrogens (tertiary/aromatic N) is 3. The van der Waals surface area contributed by atoms with E-state index in [0.29, 0.717) is 17.7 Å². The zero-order valence-electron chi connectivity index (χ0n) is 14.8. The van der Waals surface area contributed by atoms with Gasteiger partial charge in [0.25, 0.3) is 0 Å². The molecule has 0 aliphatic carbocycles. The van der Waals surface area contributed by atoms with Crippen LogP contribution >= 0.6 is 0 Å². The van der Waals surface area contributed by atoms with Gasteiger partial charge < -0.3 is 0 Å². The van der Waals surface area contributed by atoms with Crippen LogP contribution in [0.5, 0.6) is 0 Å². The molecule has 0 radical (unpaired) electrons. The van der Waals surface area contributed by atoms with Crippen molar-refractivity contribution in [3.63, 3.8) is 0 Å². The Morgan fingerprint density at radius 2 is 1.81 bits per heavy atom. The largest absolute Gasteiger partial charge is 0.289 e. The molecular weight excluding hydrogens is 322 g/mol. The monoisotopic (exact) mass is 341 g/mol. The number of hydrogen-bond donors (Lipinski definition) is 0. The molecule has 0 N–H and O–H groups in total. The molecule has 1 heterocycles. The van der Waals surface area contributed by atoms with Gasteiger partial charge in [0.05, 0.1) is 23.9 Å². The molecule has 4 heteroatoms. The Morgan fingerprint density at radius 3 is 2.46 bits per heavy atom. The maximum atomic E-state index is 12.3. The smallest absolute Gasteiger partial charge is 0.185 e. The third kappa shape index (κ3) is 3.79. The van der Waals surface area contributed by atoms with Crippen LogP contribution in [-0.2, 0) is 6.54 Å². The number of allylic oxidation sites excluding steroid dienone is 1. The number of aromatic nitrogens is 2. The van der Waals surface area contributed by atoms with Crippen LogP contribution in [0.25, 0.3) is 6.08 Å². The normalized spacial score (nSPS) is 10.8. The number of carbonyl (C=O) groups excluding carboxylic acids is 1. The summed E-state index contributed by atoms with van der Waals surface area (Å²) in [7, 11) is 0. The van der Waals surface area contributed by atoms with Crippen molar-refractivity contribution in [2.75, 3.05) is 0 Å². The summed E-state index contributed by atoms with van der Waals surface area (Å²) in [5.41, 5.74) is 5.16. The first kappa shape index (κ1) is 17.4. The molecule has 128 valence electrons. The van der Waals surface area contributed by atoms with E-state index < -0.39 is 0 Å². The standard InChI is InChI=1S/C22H19N3O/c1-16-21(12-13-22(26)20-10-8-18(14-23)9-11-20)17(2)25(24-16)15-19-6-4-3-5-7-19/h3-13H,15H2,1-2H3/b13-12+. The Balaban J connectivity index is 1.80. The molecule has 0 bridgehead atoms. The lowest BCUT2D eigenvalue weighted by molar-refractivity contribution is 0.104. The lowest BCUT2D eigenvalue weighted by atomic mass is 10.1. The van der Waals surface area contributed by atoms with Gasteiger partial charge in [-0.15, -0.1) is 0 Å². The summed E-state index contributed by atoms with van der Waals surface area (Å²) in [6.07, 6.45) is 3.38. The fourth-order valence-electron chi connectivity index (χ4n) is 2.83. The van der Waals surface area contributed by atoms with Crippen LogP contribution in [-0.4, -0.2) is 15.6 Å². The van der Waals surface area contributed by atoms with Crippen LogP contribution in [0.4, 0.5) is 0 Å². The van der Waals surface area contributed by atoms with Crippen LogP contribution in [0.1, 0.15) is 38.4 Å². The number of aryl methyl sites for hydroxylation is 1. The topological polar surface area (TPSA) is 58.7 Å². The Bertz CT molecular complexity index is 990. The van der Waals surface area contributed by atoms with Gasteiger partial charge in [-0.3, -0.25) is 9.48 Å². The zero-order chi connectivity index (χ0) is 18.5. The Morgan fingerprint density at radius 1 is 1.12 bits per heavy atom. The number of benzene rings is 2. The van der Waals surface area contributed by atoms with E-state index in [0.717, 1.165) is 17.0 Å². The van der Waals surface area contributed by atoms with Crippen molar-refractivity contribution in [1.82, 2.24) is 9.78 Å². The number of nitriles is 1. The molecule has 0 unspecified atom stereocenters. The van der Waals surface area contributed by atoms with E-state index in [-0.39, 0.29) is 5.78 Å². The van der Waals surface area contributed by atoms with Crippen molar-refractivity contribution in [3.8, 4) is 6.07 Å². The maximum Gasteiger partial charge on any atom is 0.185 e. The van der Waals surface area contributed by atoms with Gasteiger partial charge in [-0.25, -0.2) is 0 Å². The molecule has 0 aliphatic rings. The molecule has 0 saturated carbocycles. The second kappa shape index (κ2) is 7.62. The molecule has 3 rings (SSSR count). The minimum atomic E-state index is -0.0934. The molecule has 0 fully saturated rings. The van der Waals surface area contributed by atoms with Gasteiger partial charge in [-0.1, -0.05) is 30.3 Å². The lowest BCUT2D eigenvalue weighted by Crippen LogP contribution is -2.03. The van der Waals surface area contributed by atoms with Crippen LogP contribution < -0.4 is 0 Å². The fraction of sp³-hybridized carbons (Fsp3) is 0.136. The first-order chi connectivity index (χ1) is 12.6. The second-order valence-corrected chi connectivity index (χ2v) is 6.11. The van der Waals surface area contributed by atoms with E-state index in [1.807, 2.05) is 48.9 Å². The van der Waals surface area contributed by atoms with Crippen molar-refractivity contribution in [2.24, 2.45) is 0 Å². The van der Waals surface area contributed by atoms with Crippen LogP contribution in [0.3, 0.4) is 0 Å². The van der Waals surface area contributed by atoms with E-state index in [4.69, 9.17) is 5.26 Å². The van der Waals surface area contributed by atoms with E-state index >= 15 is 0 Å². The van der Waals surface area contributed by atoms with Crippen molar-refractivity contribution in [2.45, 2.75) is 20.4 Å². The summed E-state index contributed by atoms with van der Waals surface area (Å²) < 4.78 is 1.95. The van der Waals surface area contributed by atoms with E-state index in [1.165, 1.54) is 5.56 Å². The summed E-state index contributed by atoms with van der Waals surface area (Å²) in [6, 6.07) is 18.8. The molecule has 0 saturated heterocycles. The first-order valence-electron chi connectivity index (χ1n) is 8.39. The van der Waals surface area contributed by atoms with Gasteiger partial charge in [0.2, 0.25) is 0 Å². The molecule has 0 spiro atoms. The number of carbonyl (C=O) groups is 1. The first-order valence-corrected chi connectivity index (χ1v) is 8.39. The summed E-state index contributed by atoms with van der Waals surface area (Å²) in [6.45, 7) is 4.65. The highest BCUT2D eigenvalue weighted by Gasteiger charge is 2.10. The van der Waals surface area contributed by atoms with E-state index in [9.17, 15) is 4.79 Å². The number of ketones is 1. The molecule has 26 heavy (non-hydrogen) atoms. The summed E-state index contributed by atoms with van der Waals surface area (Å²) >= 11 is 0. The minimum absolute atomic E-state index is 0.0934. The van der Waals surface area contributed by atoms with Gasteiger partial charge in [0.1, 0.15) is 0 Å². The summed E-state index contributed by atoms with van der Waals surface area (Å²) in [5.74, 6) is -0.0934. The highest BCUT2D eigenvalue weighted by Crippen LogP contribution is 2.17. The molecule has 4 nitrogen and oxygen atoms in total. The van der Waals surface area contributed by atoms with Gasteiger partial charge >= 0.3 is 0 Å². The number of hydrogen-bond acceptors (Lipinski definition) is 3. The average Bonchev–Trinajstić information content (AvgIpc) is 2.93. The van der Waals surface area contributed by atoms with Crippen LogP contribution in [0.15, 0.2) is 60.7 Å². The third-order valence-electron chi connectivity index (χ3n) is 4.31. The molecule has 0 amide bonds. The van der Waals surface area contributed by atoms with E-state index in [2.05, 4.69) is 17.2 Å². The number of rotatable bonds is 5. The third-order valence-corrected chi connectivity index (χ3v) is 4.31. The van der Waals surface area contributed by atoms with Gasteiger partial charge in [-0.05, 0) is 55.8 Å². The second-order valence-electron chi connectivity index (χ2n) is 6.11. The average molecular weight is 341 g/mol. The summed E-state index contributed by atoms with van der Waals surface area (Å²) in [5, 5.41) is 13.4. The highest BCUT2D eigenvalue weighted by molar-refractivity contribution is 6.06. The Hall–Kier alpha value is -3.45. The van der Waals surface area contributed by atoms with Crippen molar-refractivity contribution >= 4 is 11.9 Å². The quantitative estimate of drug-likeness (QED) is 0.513. The van der Waals surface area contributed by atoms with Gasteiger partial charge in [-0.2, -0.15) is 10.4 Å². The molecular formula is C22H19N3O. The SMILES string of the molecule is Cc1nn(Cc2ccccc2)c(C)c1/C=C/C(=O)c1ccc(C#N)cc1. The Kier molecular flexibility index (Phi) is 5.09. The molecule has 2 aromatic carbocycles. The van der Waals surface area contributed by atoms with Crippen molar-refractivity contribution in [1.29, 1.82) is 5.26 Å². The predicted octanol–water partition coefficient (Wildman–Crippen LogP) is 4.32. The van der Waals surface area contributed by atoms with Crippen LogP contribution in [0, 0.1) is 25.2 Å². The molecule has 1 aromatic heterocycles. The van der Waals surface area contributed by atoms with Gasteiger partial charge in [0.15, 0.2) is 5.78 Å². The molecule has 0 aliphatic heterocycles. The van der Waals surface area contributed by atoms with Gasteiger partial charge in [0, 0.05) is 16.8 Å². The molecule has 3 aromatic rings. The fourth-order valence-corrected chi connectivity index (χ4v) is 2.83. The van der Waals surface area contributed by atoms with Crippen LogP contribution in [0.2, 0.25) is 0 Å². The molecule has 0 atom stereocenters. The van der Waals surface area contributed by atoms with E-state index in [1.54, 1.807) is 30.3 Å². The summed E-state index contributed by atoms with van der Waals surface area (Å²) in [4.78, 5) is 12.3. The predicted molar refractivity (Wildman–Crippen MR) is 102 cm³/mol.